The smallest absolute Gasteiger partial charge is 0.295 e. The summed E-state index contributed by atoms with van der Waals surface area (Å²) in [5.41, 5.74) is 1.64. The van der Waals surface area contributed by atoms with Crippen molar-refractivity contribution in [3.05, 3.63) is 94.3 Å². The minimum atomic E-state index is -0.836. The van der Waals surface area contributed by atoms with Crippen molar-refractivity contribution < 1.29 is 24.2 Å². The van der Waals surface area contributed by atoms with E-state index in [1.54, 1.807) is 60.9 Å². The lowest BCUT2D eigenvalue weighted by molar-refractivity contribution is -0.140. The van der Waals surface area contributed by atoms with Crippen LogP contribution in [0.15, 0.2) is 72.6 Å². The van der Waals surface area contributed by atoms with Crippen LogP contribution in [0.4, 0.5) is 0 Å². The number of nitrogens with zero attached hydrogens (tertiary/aromatic N) is 2. The molecule has 1 amide bonds. The molecule has 0 spiro atoms. The molecule has 0 unspecified atom stereocenters. The summed E-state index contributed by atoms with van der Waals surface area (Å²) in [5, 5.41) is 11.7. The summed E-state index contributed by atoms with van der Waals surface area (Å²) < 4.78 is 10.6. The topological polar surface area (TPSA) is 89.0 Å². The summed E-state index contributed by atoms with van der Waals surface area (Å²) in [4.78, 5) is 31.7. The van der Waals surface area contributed by atoms with E-state index in [1.165, 1.54) is 19.1 Å². The van der Waals surface area contributed by atoms with Gasteiger partial charge in [-0.1, -0.05) is 29.8 Å². The number of aliphatic hydroxyl groups excluding tert-OH is 1. The van der Waals surface area contributed by atoms with Crippen molar-refractivity contribution in [1.82, 2.24) is 9.88 Å². The fraction of sp³-hybridized carbons (Fsp3) is 0.160. The third-order valence-electron chi connectivity index (χ3n) is 5.44. The number of aromatic nitrogens is 1. The van der Waals surface area contributed by atoms with Gasteiger partial charge in [0.15, 0.2) is 11.5 Å². The first-order valence-corrected chi connectivity index (χ1v) is 10.5. The van der Waals surface area contributed by atoms with E-state index < -0.39 is 17.7 Å². The maximum atomic E-state index is 13.2. The number of carbonyl (C=O) groups is 2. The number of amides is 1. The third-order valence-corrected chi connectivity index (χ3v) is 5.67. The highest BCUT2D eigenvalue weighted by molar-refractivity contribution is 6.46. The number of Topliss-reactive ketones (excluding diaryl/α,β-unsaturated/α-hetero) is 1. The van der Waals surface area contributed by atoms with Gasteiger partial charge < -0.3 is 19.5 Å². The number of pyridine rings is 1. The Hall–Kier alpha value is -3.84. The quantitative estimate of drug-likeness (QED) is 0.331. The molecular weight excluding hydrogens is 444 g/mol. The van der Waals surface area contributed by atoms with Gasteiger partial charge >= 0.3 is 0 Å². The molecule has 33 heavy (non-hydrogen) atoms. The van der Waals surface area contributed by atoms with Crippen molar-refractivity contribution in [1.29, 1.82) is 0 Å². The van der Waals surface area contributed by atoms with Crippen LogP contribution in [0.1, 0.15) is 22.7 Å². The van der Waals surface area contributed by atoms with Crippen molar-refractivity contribution in [2.75, 3.05) is 14.2 Å². The lowest BCUT2D eigenvalue weighted by Gasteiger charge is -2.25. The van der Waals surface area contributed by atoms with Crippen molar-refractivity contribution in [2.45, 2.75) is 12.6 Å². The van der Waals surface area contributed by atoms with Crippen LogP contribution in [0.5, 0.6) is 11.5 Å². The Bertz CT molecular complexity index is 1240. The molecule has 1 aromatic heterocycles. The van der Waals surface area contributed by atoms with Gasteiger partial charge in [-0.05, 0) is 47.5 Å². The predicted octanol–water partition coefficient (Wildman–Crippen LogP) is 4.37. The van der Waals surface area contributed by atoms with E-state index in [0.717, 1.165) is 5.56 Å². The van der Waals surface area contributed by atoms with Gasteiger partial charge in [-0.2, -0.15) is 0 Å². The van der Waals surface area contributed by atoms with Crippen LogP contribution in [0.25, 0.3) is 5.76 Å². The molecule has 4 rings (SSSR count). The fourth-order valence-electron chi connectivity index (χ4n) is 3.89. The van der Waals surface area contributed by atoms with E-state index in [1.807, 2.05) is 6.07 Å². The molecule has 0 radical (unpaired) electrons. The highest BCUT2D eigenvalue weighted by Crippen LogP contribution is 2.41. The third kappa shape index (κ3) is 4.27. The molecule has 0 aliphatic carbocycles. The van der Waals surface area contributed by atoms with E-state index in [2.05, 4.69) is 4.98 Å². The number of hydrogen-bond donors (Lipinski definition) is 1. The molecule has 1 fully saturated rings. The van der Waals surface area contributed by atoms with E-state index >= 15 is 0 Å². The molecule has 7 nitrogen and oxygen atoms in total. The van der Waals surface area contributed by atoms with Crippen molar-refractivity contribution in [2.24, 2.45) is 0 Å². The molecule has 0 bridgehead atoms. The van der Waals surface area contributed by atoms with Crippen LogP contribution in [0.2, 0.25) is 5.02 Å². The van der Waals surface area contributed by atoms with Gasteiger partial charge in [0.05, 0.1) is 25.8 Å². The number of rotatable bonds is 6. The Morgan fingerprint density at radius 2 is 1.85 bits per heavy atom. The molecule has 1 atom stereocenters. The second-order valence-corrected chi connectivity index (χ2v) is 7.85. The molecule has 2 aromatic carbocycles. The van der Waals surface area contributed by atoms with Crippen LogP contribution >= 0.6 is 11.6 Å². The number of carbonyl (C=O) groups excluding carboxylic acids is 2. The minimum Gasteiger partial charge on any atom is -0.507 e. The van der Waals surface area contributed by atoms with Gasteiger partial charge in [0.1, 0.15) is 5.76 Å². The Balaban J connectivity index is 1.88. The molecule has 1 saturated heterocycles. The summed E-state index contributed by atoms with van der Waals surface area (Å²) in [7, 11) is 2.97. The fourth-order valence-corrected chi connectivity index (χ4v) is 4.09. The first-order chi connectivity index (χ1) is 15.9. The number of methoxy groups -OCH3 is 2. The summed E-state index contributed by atoms with van der Waals surface area (Å²) in [6, 6.07) is 14.4. The van der Waals surface area contributed by atoms with Crippen LogP contribution in [-0.2, 0) is 16.1 Å². The molecule has 0 saturated carbocycles. The number of aliphatic hydroxyl groups is 1. The normalized spacial score (nSPS) is 17.3. The average molecular weight is 465 g/mol. The summed E-state index contributed by atoms with van der Waals surface area (Å²) in [6.07, 6.45) is 3.26. The van der Waals surface area contributed by atoms with Crippen molar-refractivity contribution in [3.8, 4) is 11.5 Å². The van der Waals surface area contributed by atoms with Crippen molar-refractivity contribution >= 4 is 29.1 Å². The molecular formula is C25H21ClN2O5. The van der Waals surface area contributed by atoms with Crippen molar-refractivity contribution in [3.63, 3.8) is 0 Å². The molecule has 1 N–H and O–H groups in total. The largest absolute Gasteiger partial charge is 0.507 e. The summed E-state index contributed by atoms with van der Waals surface area (Å²) >= 11 is 6.21. The van der Waals surface area contributed by atoms with Gasteiger partial charge in [-0.3, -0.25) is 14.6 Å². The van der Waals surface area contributed by atoms with Gasteiger partial charge in [-0.15, -0.1) is 0 Å². The number of ketones is 1. The second-order valence-electron chi connectivity index (χ2n) is 7.41. The van der Waals surface area contributed by atoms with Gasteiger partial charge in [-0.25, -0.2) is 0 Å². The Morgan fingerprint density at radius 3 is 2.52 bits per heavy atom. The maximum absolute atomic E-state index is 13.2. The Labute approximate surface area is 195 Å². The standard InChI is InChI=1S/C25H21ClN2O5/c1-32-19-9-8-17(12-20(19)33-2)23(29)21-22(16-6-3-7-18(26)11-16)28(25(31)24(21)30)14-15-5-4-10-27-13-15/h3-13,22,29H,14H2,1-2H3/t22-/m1/s1. The number of benzene rings is 2. The summed E-state index contributed by atoms with van der Waals surface area (Å²) in [5.74, 6) is -0.960. The van der Waals surface area contributed by atoms with E-state index in [0.29, 0.717) is 27.6 Å². The molecule has 8 heteroatoms. The molecule has 3 aromatic rings. The van der Waals surface area contributed by atoms with Crippen LogP contribution in [-0.4, -0.2) is 40.9 Å². The molecule has 1 aliphatic heterocycles. The summed E-state index contributed by atoms with van der Waals surface area (Å²) in [6.45, 7) is 0.137. The van der Waals surface area contributed by atoms with Crippen LogP contribution < -0.4 is 9.47 Å². The molecule has 168 valence electrons. The number of likely N-dealkylation sites (tertiary alicyclic amines) is 1. The number of halogens is 1. The zero-order valence-electron chi connectivity index (χ0n) is 18.0. The zero-order chi connectivity index (χ0) is 23.5. The SMILES string of the molecule is COc1ccc(C(O)=C2C(=O)C(=O)N(Cc3cccnc3)[C@@H]2c2cccc(Cl)c2)cc1OC. The van der Waals surface area contributed by atoms with Crippen LogP contribution in [0, 0.1) is 0 Å². The molecule has 2 heterocycles. The maximum Gasteiger partial charge on any atom is 0.295 e. The van der Waals surface area contributed by atoms with Gasteiger partial charge in [0, 0.05) is 29.5 Å². The first kappa shape index (κ1) is 22.4. The zero-order valence-corrected chi connectivity index (χ0v) is 18.7. The highest BCUT2D eigenvalue weighted by Gasteiger charge is 2.46. The Kier molecular flexibility index (Phi) is 6.33. The van der Waals surface area contributed by atoms with Gasteiger partial charge in [0.2, 0.25) is 0 Å². The molecule has 1 aliphatic rings. The second kappa shape index (κ2) is 9.34. The van der Waals surface area contributed by atoms with E-state index in [4.69, 9.17) is 21.1 Å². The predicted molar refractivity (Wildman–Crippen MR) is 123 cm³/mol. The monoisotopic (exact) mass is 464 g/mol. The average Bonchev–Trinajstić information content (AvgIpc) is 3.08. The minimum absolute atomic E-state index is 0.0293. The van der Waals surface area contributed by atoms with E-state index in [9.17, 15) is 14.7 Å². The van der Waals surface area contributed by atoms with E-state index in [-0.39, 0.29) is 17.9 Å². The van der Waals surface area contributed by atoms with Gasteiger partial charge in [0.25, 0.3) is 11.7 Å². The lowest BCUT2D eigenvalue weighted by atomic mass is 9.95. The Morgan fingerprint density at radius 1 is 1.06 bits per heavy atom. The number of hydrogen-bond acceptors (Lipinski definition) is 6. The first-order valence-electron chi connectivity index (χ1n) is 10.1. The number of ether oxygens (including phenoxy) is 2. The van der Waals surface area contributed by atoms with Crippen LogP contribution in [0.3, 0.4) is 0 Å². The lowest BCUT2D eigenvalue weighted by Crippen LogP contribution is -2.29. The highest BCUT2D eigenvalue weighted by atomic mass is 35.5.